The van der Waals surface area contributed by atoms with Gasteiger partial charge in [-0.05, 0) is 70.4 Å². The molecule has 0 heterocycles. The van der Waals surface area contributed by atoms with Gasteiger partial charge in [0.05, 0.1) is 0 Å². The molecule has 0 bridgehead atoms. The average molecular weight is 289 g/mol. The van der Waals surface area contributed by atoms with E-state index in [0.29, 0.717) is 17.8 Å². The molecule has 0 aromatic heterocycles. The van der Waals surface area contributed by atoms with Crippen LogP contribution < -0.4 is 0 Å². The highest BCUT2D eigenvalue weighted by Crippen LogP contribution is 2.43. The fourth-order valence-corrected chi connectivity index (χ4v) is 4.25. The summed E-state index contributed by atoms with van der Waals surface area (Å²) in [7, 11) is 0. The maximum absolute atomic E-state index is 2.36. The number of rotatable bonds is 3. The second kappa shape index (κ2) is 6.15. The Morgan fingerprint density at radius 2 is 0.905 bits per heavy atom. The van der Waals surface area contributed by atoms with E-state index in [0.717, 1.165) is 0 Å². The maximum atomic E-state index is 2.36. The largest absolute Gasteiger partial charge is 0.0587 e. The summed E-state index contributed by atoms with van der Waals surface area (Å²) >= 11 is 0. The van der Waals surface area contributed by atoms with E-state index in [2.05, 4.69) is 76.2 Å². The van der Waals surface area contributed by atoms with Crippen molar-refractivity contribution in [3.63, 3.8) is 0 Å². The summed E-state index contributed by atoms with van der Waals surface area (Å²) in [6.45, 7) is 25.8. The van der Waals surface area contributed by atoms with Crippen LogP contribution in [0.2, 0.25) is 0 Å². The van der Waals surface area contributed by atoms with Crippen molar-refractivity contribution in [1.82, 2.24) is 0 Å². The van der Waals surface area contributed by atoms with Crippen molar-refractivity contribution in [3.05, 3.63) is 33.4 Å². The Morgan fingerprint density at radius 1 is 0.571 bits per heavy atom. The third kappa shape index (κ3) is 3.35. The van der Waals surface area contributed by atoms with Gasteiger partial charge in [0.25, 0.3) is 0 Å². The van der Waals surface area contributed by atoms with Gasteiger partial charge in [0.1, 0.15) is 0 Å². The van der Waals surface area contributed by atoms with Crippen LogP contribution in [-0.2, 0) is 5.41 Å². The van der Waals surface area contributed by atoms with Gasteiger partial charge in [0.2, 0.25) is 0 Å². The topological polar surface area (TPSA) is 0 Å². The molecule has 0 atom stereocenters. The smallest absolute Gasteiger partial charge is 0.0126 e. The fraction of sp³-hybridized carbons (Fsp3) is 0.714. The first-order chi connectivity index (χ1) is 9.41. The Morgan fingerprint density at radius 3 is 1.19 bits per heavy atom. The third-order valence-corrected chi connectivity index (χ3v) is 4.63. The van der Waals surface area contributed by atoms with Crippen molar-refractivity contribution in [2.75, 3.05) is 0 Å². The van der Waals surface area contributed by atoms with Gasteiger partial charge in [-0.3, -0.25) is 0 Å². The fourth-order valence-electron chi connectivity index (χ4n) is 4.25. The second-order valence-corrected chi connectivity index (χ2v) is 8.58. The summed E-state index contributed by atoms with van der Waals surface area (Å²) in [4.78, 5) is 0. The van der Waals surface area contributed by atoms with Crippen molar-refractivity contribution < 1.29 is 0 Å². The van der Waals surface area contributed by atoms with Gasteiger partial charge in [0.15, 0.2) is 0 Å². The van der Waals surface area contributed by atoms with Gasteiger partial charge >= 0.3 is 0 Å². The Hall–Kier alpha value is -0.780. The van der Waals surface area contributed by atoms with Crippen molar-refractivity contribution in [2.45, 2.75) is 99.3 Å². The minimum absolute atomic E-state index is 0.202. The molecular formula is C21H36. The molecule has 0 heteroatoms. The van der Waals surface area contributed by atoms with E-state index >= 15 is 0 Å². The number of hydrogen-bond acceptors (Lipinski definition) is 0. The van der Waals surface area contributed by atoms with Crippen LogP contribution >= 0.6 is 0 Å². The standard InChI is InChI=1S/C21H36/c1-12(2)17-15(7)19(14(5)6)20(21(9,10)11)16(8)18(17)13(3)4/h12-14H,1-11H3. The predicted octanol–water partition coefficient (Wildman–Crippen LogP) is 6.97. The van der Waals surface area contributed by atoms with Crippen molar-refractivity contribution >= 4 is 0 Å². The van der Waals surface area contributed by atoms with Crippen LogP contribution in [0, 0.1) is 13.8 Å². The third-order valence-electron chi connectivity index (χ3n) is 4.63. The zero-order chi connectivity index (χ0) is 16.7. The van der Waals surface area contributed by atoms with Crippen LogP contribution in [0.15, 0.2) is 0 Å². The molecule has 1 rings (SSSR count). The lowest BCUT2D eigenvalue weighted by Crippen LogP contribution is -2.22. The lowest BCUT2D eigenvalue weighted by atomic mass is 9.70. The normalized spacial score (nSPS) is 12.9. The quantitative estimate of drug-likeness (QED) is 0.563. The summed E-state index contributed by atoms with van der Waals surface area (Å²) in [5.74, 6) is 1.76. The molecule has 0 radical (unpaired) electrons. The summed E-state index contributed by atoms with van der Waals surface area (Å²) in [6.07, 6.45) is 0. The Balaban J connectivity index is 3.99. The van der Waals surface area contributed by atoms with Crippen LogP contribution in [0.3, 0.4) is 0 Å². The summed E-state index contributed by atoms with van der Waals surface area (Å²) in [5, 5.41) is 0. The summed E-state index contributed by atoms with van der Waals surface area (Å²) in [6, 6.07) is 0. The van der Waals surface area contributed by atoms with E-state index in [1.54, 1.807) is 27.8 Å². The van der Waals surface area contributed by atoms with E-state index in [1.165, 1.54) is 5.56 Å². The molecule has 0 N–H and O–H groups in total. The lowest BCUT2D eigenvalue weighted by molar-refractivity contribution is 0.566. The minimum Gasteiger partial charge on any atom is -0.0587 e. The first-order valence-corrected chi connectivity index (χ1v) is 8.58. The van der Waals surface area contributed by atoms with Crippen LogP contribution in [-0.4, -0.2) is 0 Å². The van der Waals surface area contributed by atoms with Crippen LogP contribution in [0.1, 0.15) is 113 Å². The SMILES string of the molecule is Cc1c(C(C)C)c(C(C)C)c(C)c(C(C)(C)C)c1C(C)C. The zero-order valence-corrected chi connectivity index (χ0v) is 16.2. The van der Waals surface area contributed by atoms with Gasteiger partial charge < -0.3 is 0 Å². The van der Waals surface area contributed by atoms with E-state index in [9.17, 15) is 0 Å². The molecule has 0 unspecified atom stereocenters. The minimum atomic E-state index is 0.202. The Bertz CT molecular complexity index is 508. The molecule has 21 heavy (non-hydrogen) atoms. The predicted molar refractivity (Wildman–Crippen MR) is 96.9 cm³/mol. The Kier molecular flexibility index (Phi) is 5.35. The van der Waals surface area contributed by atoms with E-state index in [4.69, 9.17) is 0 Å². The molecule has 0 saturated heterocycles. The van der Waals surface area contributed by atoms with Gasteiger partial charge in [-0.1, -0.05) is 62.3 Å². The van der Waals surface area contributed by atoms with Crippen molar-refractivity contribution in [3.8, 4) is 0 Å². The van der Waals surface area contributed by atoms with Gasteiger partial charge in [-0.25, -0.2) is 0 Å². The van der Waals surface area contributed by atoms with Crippen molar-refractivity contribution in [1.29, 1.82) is 0 Å². The van der Waals surface area contributed by atoms with Crippen LogP contribution in [0.25, 0.3) is 0 Å². The molecule has 0 amide bonds. The van der Waals surface area contributed by atoms with E-state index in [1.807, 2.05) is 0 Å². The molecule has 0 saturated carbocycles. The van der Waals surface area contributed by atoms with E-state index < -0.39 is 0 Å². The van der Waals surface area contributed by atoms with E-state index in [-0.39, 0.29) is 5.41 Å². The van der Waals surface area contributed by atoms with Crippen LogP contribution in [0.4, 0.5) is 0 Å². The summed E-state index contributed by atoms with van der Waals surface area (Å²) in [5.41, 5.74) is 9.65. The zero-order valence-electron chi connectivity index (χ0n) is 16.2. The molecule has 0 fully saturated rings. The highest BCUT2D eigenvalue weighted by molar-refractivity contribution is 5.56. The summed E-state index contributed by atoms with van der Waals surface area (Å²) < 4.78 is 0. The van der Waals surface area contributed by atoms with Gasteiger partial charge in [-0.2, -0.15) is 0 Å². The molecule has 0 nitrogen and oxygen atoms in total. The molecule has 0 aliphatic rings. The Labute approximate surface area is 133 Å². The first-order valence-electron chi connectivity index (χ1n) is 8.58. The lowest BCUT2D eigenvalue weighted by Gasteiger charge is -2.34. The number of benzene rings is 1. The number of hydrogen-bond donors (Lipinski definition) is 0. The average Bonchev–Trinajstić information content (AvgIpc) is 2.27. The second-order valence-electron chi connectivity index (χ2n) is 8.58. The molecule has 1 aromatic rings. The molecule has 0 aliphatic heterocycles. The molecular weight excluding hydrogens is 252 g/mol. The first kappa shape index (κ1) is 18.3. The highest BCUT2D eigenvalue weighted by atomic mass is 14.3. The molecule has 0 aliphatic carbocycles. The molecule has 0 spiro atoms. The van der Waals surface area contributed by atoms with Crippen molar-refractivity contribution in [2.24, 2.45) is 0 Å². The molecule has 120 valence electrons. The molecule has 1 aromatic carbocycles. The van der Waals surface area contributed by atoms with Gasteiger partial charge in [-0.15, -0.1) is 0 Å². The monoisotopic (exact) mass is 288 g/mol. The maximum Gasteiger partial charge on any atom is -0.0126 e. The van der Waals surface area contributed by atoms with Gasteiger partial charge in [0, 0.05) is 0 Å². The van der Waals surface area contributed by atoms with Crippen LogP contribution in [0.5, 0.6) is 0 Å². The highest BCUT2D eigenvalue weighted by Gasteiger charge is 2.29.